The van der Waals surface area contributed by atoms with E-state index in [1.54, 1.807) is 6.20 Å². The van der Waals surface area contributed by atoms with Crippen molar-refractivity contribution in [1.82, 2.24) is 9.78 Å². The second-order valence-electron chi connectivity index (χ2n) is 5.29. The van der Waals surface area contributed by atoms with Gasteiger partial charge in [0, 0.05) is 13.1 Å². The van der Waals surface area contributed by atoms with Crippen LogP contribution in [0.15, 0.2) is 11.0 Å². The minimum atomic E-state index is -0.533. The number of aromatic nitrogens is 2. The highest BCUT2D eigenvalue weighted by molar-refractivity contribution is 6.33. The largest absolute Gasteiger partial charge is 0.468 e. The van der Waals surface area contributed by atoms with E-state index in [1.165, 1.54) is 26.4 Å². The maximum Gasteiger partial charge on any atom is 0.327 e. The number of carbonyl (C=O) groups is 1. The molecule has 1 heterocycles. The van der Waals surface area contributed by atoms with Crippen LogP contribution in [0.5, 0.6) is 0 Å². The van der Waals surface area contributed by atoms with Gasteiger partial charge in [-0.25, -0.2) is 4.68 Å². The summed E-state index contributed by atoms with van der Waals surface area (Å²) in [4.78, 5) is 25.4. The minimum absolute atomic E-state index is 0.0991. The lowest BCUT2D eigenvalue weighted by atomic mass is 9.94. The fourth-order valence-corrected chi connectivity index (χ4v) is 2.95. The van der Waals surface area contributed by atoms with Gasteiger partial charge in [-0.2, -0.15) is 5.10 Å². The maximum absolute atomic E-state index is 12.2. The molecule has 1 aromatic heterocycles. The molecule has 0 N–H and O–H groups in total. The zero-order chi connectivity index (χ0) is 15.4. The highest BCUT2D eigenvalue weighted by Crippen LogP contribution is 2.28. The van der Waals surface area contributed by atoms with E-state index in [1.807, 2.05) is 11.9 Å². The predicted molar refractivity (Wildman–Crippen MR) is 80.8 cm³/mol. The molecule has 1 aliphatic carbocycles. The fraction of sp³-hybridized carbons (Fsp3) is 0.643. The molecule has 6 nitrogen and oxygen atoms in total. The van der Waals surface area contributed by atoms with E-state index in [0.717, 1.165) is 17.5 Å². The first kappa shape index (κ1) is 15.8. The van der Waals surface area contributed by atoms with Gasteiger partial charge in [0.1, 0.15) is 11.6 Å². The van der Waals surface area contributed by atoms with Gasteiger partial charge in [0.2, 0.25) is 0 Å². The molecule has 1 saturated carbocycles. The Hall–Kier alpha value is -1.56. The third kappa shape index (κ3) is 3.56. The molecule has 7 heteroatoms. The second kappa shape index (κ2) is 6.93. The number of methoxy groups -OCH3 is 1. The average molecular weight is 314 g/mol. The summed E-state index contributed by atoms with van der Waals surface area (Å²) in [6.07, 6.45) is 7.38. The molecule has 0 saturated heterocycles. The van der Waals surface area contributed by atoms with Gasteiger partial charge >= 0.3 is 5.97 Å². The number of hydrogen-bond donors (Lipinski definition) is 0. The van der Waals surface area contributed by atoms with Gasteiger partial charge in [-0.15, -0.1) is 0 Å². The van der Waals surface area contributed by atoms with Gasteiger partial charge < -0.3 is 9.64 Å². The van der Waals surface area contributed by atoms with Crippen molar-refractivity contribution in [2.45, 2.75) is 44.7 Å². The first-order valence-electron chi connectivity index (χ1n) is 7.10. The monoisotopic (exact) mass is 313 g/mol. The normalized spacial score (nSPS) is 15.8. The predicted octanol–water partition coefficient (Wildman–Crippen LogP) is 1.84. The number of ether oxygens (including phenoxy) is 1. The van der Waals surface area contributed by atoms with Gasteiger partial charge in [0.25, 0.3) is 5.56 Å². The molecule has 0 bridgehead atoms. The molecule has 0 aliphatic heterocycles. The molecule has 0 unspecified atom stereocenters. The SMILES string of the molecule is COC(=O)Cn1ncc(N(C)C2CCCCC2)c(Cl)c1=O. The van der Waals surface area contributed by atoms with Gasteiger partial charge in [-0.05, 0) is 12.8 Å². The first-order valence-corrected chi connectivity index (χ1v) is 7.47. The van der Waals surface area contributed by atoms with Gasteiger partial charge in [0.05, 0.1) is 19.0 Å². The van der Waals surface area contributed by atoms with Crippen LogP contribution in [0.4, 0.5) is 5.69 Å². The van der Waals surface area contributed by atoms with E-state index in [0.29, 0.717) is 11.7 Å². The fourth-order valence-electron chi connectivity index (χ4n) is 2.67. The van der Waals surface area contributed by atoms with E-state index < -0.39 is 11.5 Å². The number of carbonyl (C=O) groups excluding carboxylic acids is 1. The second-order valence-corrected chi connectivity index (χ2v) is 5.66. The summed E-state index contributed by atoms with van der Waals surface area (Å²) in [6, 6.07) is 0.383. The van der Waals surface area contributed by atoms with Crippen LogP contribution in [0.1, 0.15) is 32.1 Å². The number of halogens is 1. The third-order valence-corrected chi connectivity index (χ3v) is 4.33. The van der Waals surface area contributed by atoms with Crippen molar-refractivity contribution in [3.8, 4) is 0 Å². The first-order chi connectivity index (χ1) is 10.0. The molecular weight excluding hydrogens is 294 g/mol. The topological polar surface area (TPSA) is 64.4 Å². The molecule has 1 fully saturated rings. The standard InChI is InChI=1S/C14H20ClN3O3/c1-17(10-6-4-3-5-7-10)11-8-16-18(9-12(19)21-2)14(20)13(11)15/h8,10H,3-7,9H2,1-2H3. The maximum atomic E-state index is 12.2. The van der Waals surface area contributed by atoms with E-state index in [4.69, 9.17) is 11.6 Å². The Morgan fingerprint density at radius 1 is 1.48 bits per heavy atom. The molecule has 0 aromatic carbocycles. The van der Waals surface area contributed by atoms with Crippen molar-refractivity contribution in [3.63, 3.8) is 0 Å². The van der Waals surface area contributed by atoms with Gasteiger partial charge in [0.15, 0.2) is 0 Å². The number of esters is 1. The molecular formula is C14H20ClN3O3. The summed E-state index contributed by atoms with van der Waals surface area (Å²) in [6.45, 7) is -0.234. The Balaban J connectivity index is 2.23. The molecule has 1 aromatic rings. The van der Waals surface area contributed by atoms with Crippen LogP contribution < -0.4 is 10.5 Å². The summed E-state index contributed by atoms with van der Waals surface area (Å²) in [7, 11) is 3.20. The van der Waals surface area contributed by atoms with E-state index >= 15 is 0 Å². The zero-order valence-corrected chi connectivity index (χ0v) is 13.1. The molecule has 0 atom stereocenters. The Kier molecular flexibility index (Phi) is 5.22. The van der Waals surface area contributed by atoms with Crippen LogP contribution in [-0.2, 0) is 16.1 Å². The van der Waals surface area contributed by atoms with Gasteiger partial charge in [-0.3, -0.25) is 9.59 Å². The molecule has 0 amide bonds. The number of rotatable bonds is 4. The molecule has 1 aliphatic rings. The van der Waals surface area contributed by atoms with Crippen molar-refractivity contribution >= 4 is 23.3 Å². The highest BCUT2D eigenvalue weighted by Gasteiger charge is 2.22. The zero-order valence-electron chi connectivity index (χ0n) is 12.3. The van der Waals surface area contributed by atoms with Crippen LogP contribution in [0.25, 0.3) is 0 Å². The van der Waals surface area contributed by atoms with Crippen LogP contribution in [0.2, 0.25) is 5.02 Å². The Labute approximate surface area is 128 Å². The lowest BCUT2D eigenvalue weighted by molar-refractivity contribution is -0.141. The number of hydrogen-bond acceptors (Lipinski definition) is 5. The Bertz CT molecular complexity index is 567. The van der Waals surface area contributed by atoms with Crippen molar-refractivity contribution in [2.24, 2.45) is 0 Å². The van der Waals surface area contributed by atoms with E-state index in [9.17, 15) is 9.59 Å². The summed E-state index contributed by atoms with van der Waals surface area (Å²) >= 11 is 6.17. The number of nitrogens with zero attached hydrogens (tertiary/aromatic N) is 3. The van der Waals surface area contributed by atoms with E-state index in [2.05, 4.69) is 9.84 Å². The molecule has 21 heavy (non-hydrogen) atoms. The third-order valence-electron chi connectivity index (χ3n) is 3.98. The van der Waals surface area contributed by atoms with Crippen LogP contribution >= 0.6 is 11.6 Å². The van der Waals surface area contributed by atoms with Crippen LogP contribution in [0.3, 0.4) is 0 Å². The number of anilines is 1. The van der Waals surface area contributed by atoms with Crippen LogP contribution in [-0.4, -0.2) is 35.9 Å². The molecule has 0 radical (unpaired) electrons. The lowest BCUT2D eigenvalue weighted by Gasteiger charge is -2.33. The Morgan fingerprint density at radius 3 is 2.76 bits per heavy atom. The van der Waals surface area contributed by atoms with Crippen molar-refractivity contribution < 1.29 is 9.53 Å². The molecule has 0 spiro atoms. The van der Waals surface area contributed by atoms with Crippen molar-refractivity contribution in [1.29, 1.82) is 0 Å². The smallest absolute Gasteiger partial charge is 0.327 e. The molecule has 116 valence electrons. The highest BCUT2D eigenvalue weighted by atomic mass is 35.5. The quantitative estimate of drug-likeness (QED) is 0.794. The average Bonchev–Trinajstić information content (AvgIpc) is 2.52. The minimum Gasteiger partial charge on any atom is -0.468 e. The van der Waals surface area contributed by atoms with E-state index in [-0.39, 0.29) is 11.6 Å². The van der Waals surface area contributed by atoms with Crippen molar-refractivity contribution in [2.75, 3.05) is 19.1 Å². The van der Waals surface area contributed by atoms with Crippen LogP contribution in [0, 0.1) is 0 Å². The molecule has 2 rings (SSSR count). The summed E-state index contributed by atoms with van der Waals surface area (Å²) in [5.74, 6) is -0.533. The Morgan fingerprint density at radius 2 is 2.14 bits per heavy atom. The van der Waals surface area contributed by atoms with Crippen molar-refractivity contribution in [3.05, 3.63) is 21.6 Å². The summed E-state index contributed by atoms with van der Waals surface area (Å²) < 4.78 is 5.55. The van der Waals surface area contributed by atoms with Gasteiger partial charge in [-0.1, -0.05) is 30.9 Å². The summed E-state index contributed by atoms with van der Waals surface area (Å²) in [5.41, 5.74) is 0.150. The lowest BCUT2D eigenvalue weighted by Crippen LogP contribution is -2.36. The summed E-state index contributed by atoms with van der Waals surface area (Å²) in [5, 5.41) is 4.12.